The van der Waals surface area contributed by atoms with Gasteiger partial charge in [-0.2, -0.15) is 0 Å². The van der Waals surface area contributed by atoms with Crippen LogP contribution in [0.3, 0.4) is 0 Å². The van der Waals surface area contributed by atoms with Gasteiger partial charge < -0.3 is 14.5 Å². The van der Waals surface area contributed by atoms with E-state index in [0.29, 0.717) is 17.9 Å². The van der Waals surface area contributed by atoms with Crippen LogP contribution in [0.15, 0.2) is 42.6 Å². The van der Waals surface area contributed by atoms with Crippen molar-refractivity contribution in [1.82, 2.24) is 9.88 Å². The number of carbonyl (C=O) groups is 1. The van der Waals surface area contributed by atoms with Crippen LogP contribution in [-0.2, 0) is 4.79 Å². The van der Waals surface area contributed by atoms with E-state index in [1.165, 1.54) is 12.1 Å². The highest BCUT2D eigenvalue weighted by atomic mass is 19.1. The largest absolute Gasteiger partial charge is 0.494 e. The van der Waals surface area contributed by atoms with Crippen LogP contribution >= 0.6 is 0 Å². The number of rotatable bonds is 5. The number of hydrogen-bond acceptors (Lipinski definition) is 3. The highest BCUT2D eigenvalue weighted by Crippen LogP contribution is 2.74. The van der Waals surface area contributed by atoms with Gasteiger partial charge in [0, 0.05) is 24.0 Å². The molecule has 1 aliphatic heterocycles. The standard InChI is InChI=1S/C23H21F2N3O2/c1-26-20-9-18(5-6-27-20)30-14-22-11-23(12-22,13-22)21(29)28-10-17(25)8-19(28)15-3-2-4-16(24)7-15/h2-7,9,17,19H,8,10-14H2. The van der Waals surface area contributed by atoms with Crippen LogP contribution in [0.4, 0.5) is 14.6 Å². The zero-order valence-corrected chi connectivity index (χ0v) is 16.4. The molecular formula is C23H21F2N3O2. The minimum absolute atomic E-state index is 0.0158. The summed E-state index contributed by atoms with van der Waals surface area (Å²) < 4.78 is 33.7. The zero-order valence-electron chi connectivity index (χ0n) is 16.4. The summed E-state index contributed by atoms with van der Waals surface area (Å²) in [5.41, 5.74) is 0.195. The van der Waals surface area contributed by atoms with Crippen LogP contribution in [0.25, 0.3) is 4.85 Å². The third-order valence-electron chi connectivity index (χ3n) is 6.71. The predicted octanol–water partition coefficient (Wildman–Crippen LogP) is 4.63. The van der Waals surface area contributed by atoms with Gasteiger partial charge >= 0.3 is 0 Å². The highest BCUT2D eigenvalue weighted by molar-refractivity contribution is 5.87. The van der Waals surface area contributed by atoms with E-state index in [2.05, 4.69) is 9.83 Å². The minimum atomic E-state index is -1.09. The lowest BCUT2D eigenvalue weighted by atomic mass is 9.35. The van der Waals surface area contributed by atoms with E-state index in [4.69, 9.17) is 11.3 Å². The molecule has 6 rings (SSSR count). The second-order valence-corrected chi connectivity index (χ2v) is 8.92. The van der Waals surface area contributed by atoms with Gasteiger partial charge in [0.15, 0.2) is 0 Å². The first kappa shape index (κ1) is 19.0. The summed E-state index contributed by atoms with van der Waals surface area (Å²) >= 11 is 0. The molecule has 2 atom stereocenters. The molecule has 1 amide bonds. The maximum absolute atomic E-state index is 14.2. The van der Waals surface area contributed by atoms with Gasteiger partial charge in [0.2, 0.25) is 5.91 Å². The molecule has 5 nitrogen and oxygen atoms in total. The number of pyridine rings is 1. The van der Waals surface area contributed by atoms with Gasteiger partial charge in [-0.3, -0.25) is 4.79 Å². The van der Waals surface area contributed by atoms with E-state index in [1.54, 1.807) is 35.4 Å². The number of aromatic nitrogens is 1. The molecule has 3 aliphatic carbocycles. The van der Waals surface area contributed by atoms with Gasteiger partial charge in [-0.15, -0.1) is 4.98 Å². The summed E-state index contributed by atoms with van der Waals surface area (Å²) in [5, 5.41) is 0. The Hall–Kier alpha value is -3.01. The zero-order chi connectivity index (χ0) is 20.9. The van der Waals surface area contributed by atoms with Crippen molar-refractivity contribution >= 4 is 11.7 Å². The number of likely N-dealkylation sites (tertiary alicyclic amines) is 1. The first-order chi connectivity index (χ1) is 14.4. The third-order valence-corrected chi connectivity index (χ3v) is 6.71. The first-order valence-corrected chi connectivity index (χ1v) is 10.1. The Kier molecular flexibility index (Phi) is 4.28. The molecule has 1 aromatic carbocycles. The number of amides is 1. The molecule has 2 aromatic rings. The molecule has 1 saturated heterocycles. The van der Waals surface area contributed by atoms with E-state index < -0.39 is 17.6 Å². The van der Waals surface area contributed by atoms with Crippen LogP contribution in [0.2, 0.25) is 0 Å². The molecule has 0 N–H and O–H groups in total. The third kappa shape index (κ3) is 3.02. The fraction of sp³-hybridized carbons (Fsp3) is 0.435. The van der Waals surface area contributed by atoms with Crippen molar-refractivity contribution in [2.45, 2.75) is 37.9 Å². The summed E-state index contributed by atoms with van der Waals surface area (Å²) in [7, 11) is 0. The van der Waals surface area contributed by atoms with Crippen LogP contribution in [-0.4, -0.2) is 35.1 Å². The maximum atomic E-state index is 14.2. The van der Waals surface area contributed by atoms with Gasteiger partial charge in [-0.05, 0) is 37.0 Å². The molecule has 2 heterocycles. The molecule has 154 valence electrons. The fourth-order valence-electron chi connectivity index (χ4n) is 5.51. The lowest BCUT2D eigenvalue weighted by molar-refractivity contribution is -0.226. The Labute approximate surface area is 173 Å². The summed E-state index contributed by atoms with van der Waals surface area (Å²) in [4.78, 5) is 22.1. The molecule has 0 spiro atoms. The smallest absolute Gasteiger partial charge is 0.273 e. The minimum Gasteiger partial charge on any atom is -0.494 e. The van der Waals surface area contributed by atoms with Crippen molar-refractivity contribution in [2.75, 3.05) is 13.2 Å². The van der Waals surface area contributed by atoms with Crippen LogP contribution in [0, 0.1) is 23.2 Å². The normalized spacial score (nSPS) is 31.4. The van der Waals surface area contributed by atoms with Crippen LogP contribution in [0.5, 0.6) is 5.75 Å². The van der Waals surface area contributed by atoms with E-state index in [0.717, 1.165) is 19.3 Å². The molecule has 1 aromatic heterocycles. The SMILES string of the molecule is [C-]#[N+]c1cc(OCC23CC(C(=O)N4CC(F)CC4c4cccc(F)c4)(C2)C3)ccn1. The van der Waals surface area contributed by atoms with Crippen molar-refractivity contribution in [3.8, 4) is 5.75 Å². The van der Waals surface area contributed by atoms with Gasteiger partial charge in [0.25, 0.3) is 5.82 Å². The Balaban J connectivity index is 1.23. The lowest BCUT2D eigenvalue weighted by Crippen LogP contribution is -2.69. The molecule has 3 saturated carbocycles. The Morgan fingerprint density at radius 1 is 1.30 bits per heavy atom. The number of benzene rings is 1. The van der Waals surface area contributed by atoms with E-state index in [1.807, 2.05) is 0 Å². The number of nitrogens with zero attached hydrogens (tertiary/aromatic N) is 3. The van der Waals surface area contributed by atoms with Crippen molar-refractivity contribution in [2.24, 2.45) is 10.8 Å². The summed E-state index contributed by atoms with van der Waals surface area (Å²) in [6, 6.07) is 9.03. The number of halogens is 2. The second kappa shape index (κ2) is 6.76. The Morgan fingerprint density at radius 2 is 2.10 bits per heavy atom. The summed E-state index contributed by atoms with van der Waals surface area (Å²) in [5.74, 6) is 0.501. The topological polar surface area (TPSA) is 46.8 Å². The van der Waals surface area contributed by atoms with Crippen molar-refractivity contribution in [3.05, 3.63) is 65.4 Å². The molecule has 4 fully saturated rings. The monoisotopic (exact) mass is 409 g/mol. The number of ether oxygens (including phenoxy) is 1. The Bertz CT molecular complexity index is 1030. The lowest BCUT2D eigenvalue weighted by Gasteiger charge is -2.69. The second-order valence-electron chi connectivity index (χ2n) is 8.92. The summed E-state index contributed by atoms with van der Waals surface area (Å²) in [6.45, 7) is 7.59. The number of alkyl halides is 1. The maximum Gasteiger partial charge on any atom is 0.273 e. The average molecular weight is 409 g/mol. The van der Waals surface area contributed by atoms with Gasteiger partial charge in [-0.1, -0.05) is 18.7 Å². The molecular weight excluding hydrogens is 388 g/mol. The van der Waals surface area contributed by atoms with Crippen LogP contribution in [0.1, 0.15) is 37.3 Å². The quantitative estimate of drug-likeness (QED) is 0.677. The summed E-state index contributed by atoms with van der Waals surface area (Å²) in [6.07, 6.45) is 2.85. The molecule has 4 aliphatic rings. The van der Waals surface area contributed by atoms with Gasteiger partial charge in [-0.25, -0.2) is 8.78 Å². The van der Waals surface area contributed by atoms with Crippen molar-refractivity contribution < 1.29 is 18.3 Å². The molecule has 2 bridgehead atoms. The van der Waals surface area contributed by atoms with E-state index in [9.17, 15) is 13.6 Å². The fourth-order valence-corrected chi connectivity index (χ4v) is 5.51. The molecule has 2 unspecified atom stereocenters. The molecule has 7 heteroatoms. The van der Waals surface area contributed by atoms with Crippen molar-refractivity contribution in [3.63, 3.8) is 0 Å². The average Bonchev–Trinajstić information content (AvgIpc) is 3.08. The highest BCUT2D eigenvalue weighted by Gasteiger charge is 2.72. The first-order valence-electron chi connectivity index (χ1n) is 10.1. The van der Waals surface area contributed by atoms with E-state index in [-0.39, 0.29) is 35.9 Å². The van der Waals surface area contributed by atoms with Crippen LogP contribution < -0.4 is 4.74 Å². The number of carbonyl (C=O) groups excluding carboxylic acids is 1. The molecule has 30 heavy (non-hydrogen) atoms. The van der Waals surface area contributed by atoms with Gasteiger partial charge in [0.05, 0.1) is 24.6 Å². The predicted molar refractivity (Wildman–Crippen MR) is 105 cm³/mol. The molecule has 0 radical (unpaired) electrons. The van der Waals surface area contributed by atoms with E-state index >= 15 is 0 Å². The number of hydrogen-bond donors (Lipinski definition) is 0. The van der Waals surface area contributed by atoms with Gasteiger partial charge in [0.1, 0.15) is 23.9 Å². The Morgan fingerprint density at radius 3 is 2.83 bits per heavy atom. The van der Waals surface area contributed by atoms with Crippen molar-refractivity contribution in [1.29, 1.82) is 0 Å².